The molecule has 3 aliphatic rings. The largest absolute Gasteiger partial charge is 0.370 e. The highest BCUT2D eigenvalue weighted by atomic mass is 35.5. The second kappa shape index (κ2) is 38.8. The number of imidazole rings is 1. The minimum Gasteiger partial charge on any atom is -0.370 e. The molecule has 2 bridgehead atoms. The van der Waals surface area contributed by atoms with Crippen molar-refractivity contribution in [3.05, 3.63) is 131 Å². The number of pyridine rings is 1. The third-order valence-corrected chi connectivity index (χ3v) is 18.2. The first-order chi connectivity index (χ1) is 50.7. The molecule has 34 nitrogen and oxygen atoms in total. The smallest absolute Gasteiger partial charge is 0.245 e. The number of guanidine groups is 1. The normalized spacial score (nSPS) is 22.0. The average Bonchev–Trinajstić information content (AvgIpc) is 1.21. The molecule has 1 unspecified atom stereocenters. The van der Waals surface area contributed by atoms with Crippen LogP contribution >= 0.6 is 11.6 Å². The van der Waals surface area contributed by atoms with E-state index in [1.54, 1.807) is 56.3 Å². The van der Waals surface area contributed by atoms with Gasteiger partial charge in [0.15, 0.2) is 5.96 Å². The van der Waals surface area contributed by atoms with E-state index in [0.29, 0.717) is 27.4 Å². The topological polar surface area (TPSA) is 516 Å². The summed E-state index contributed by atoms with van der Waals surface area (Å²) < 4.78 is 0. The van der Waals surface area contributed by atoms with E-state index in [-0.39, 0.29) is 89.8 Å². The second-order valence-corrected chi connectivity index (χ2v) is 27.2. The van der Waals surface area contributed by atoms with Crippen molar-refractivity contribution in [3.8, 4) is 0 Å². The Balaban J connectivity index is 1.20. The highest BCUT2D eigenvalue weighted by molar-refractivity contribution is 6.30. The van der Waals surface area contributed by atoms with E-state index in [9.17, 15) is 47.9 Å². The van der Waals surface area contributed by atoms with E-state index in [1.165, 1.54) is 36.7 Å². The number of fused-ring (bicyclic) bond motifs is 11. The van der Waals surface area contributed by atoms with Gasteiger partial charge in [-0.15, -0.1) is 0 Å². The summed E-state index contributed by atoms with van der Waals surface area (Å²) in [6.45, 7) is 3.61. The number of nitrogens with one attached hydrogen (secondary N) is 15. The van der Waals surface area contributed by atoms with Gasteiger partial charge in [-0.1, -0.05) is 86.1 Å². The molecule has 3 aliphatic heterocycles. The monoisotopic (exact) mass is 1480 g/mol. The lowest BCUT2D eigenvalue weighted by Crippen LogP contribution is -2.61. The van der Waals surface area contributed by atoms with Crippen LogP contribution in [0.25, 0.3) is 10.8 Å². The molecule has 3 aromatic carbocycles. The maximum absolute atomic E-state index is 15.4. The quantitative estimate of drug-likeness (QED) is 0.0146. The highest BCUT2D eigenvalue weighted by Gasteiger charge is 2.42. The Bertz CT molecular complexity index is 4020. The van der Waals surface area contributed by atoms with Gasteiger partial charge in [0.1, 0.15) is 66.5 Å². The Morgan fingerprint density at radius 2 is 1.33 bits per heavy atom. The third kappa shape index (κ3) is 24.3. The fraction of sp³-hybridized carbons (Fsp3) is 0.451. The summed E-state index contributed by atoms with van der Waals surface area (Å²) in [5.41, 5.74) is 13.2. The van der Waals surface area contributed by atoms with Crippen LogP contribution in [0.3, 0.4) is 0 Å². The number of halogens is 1. The number of hydrogen-bond donors (Lipinski definition) is 17. The van der Waals surface area contributed by atoms with E-state index >= 15 is 19.2 Å². The summed E-state index contributed by atoms with van der Waals surface area (Å²) in [4.78, 5) is 216. The van der Waals surface area contributed by atoms with E-state index in [2.05, 4.69) is 84.1 Å². The number of benzene rings is 3. The highest BCUT2D eigenvalue weighted by Crippen LogP contribution is 2.22. The number of nitrogens with two attached hydrogens (primary N) is 2. The number of carbonyl (C=O) groups excluding carboxylic acids is 14. The summed E-state index contributed by atoms with van der Waals surface area (Å²) in [6, 6.07) is 5.10. The first kappa shape index (κ1) is 80.1. The lowest BCUT2D eigenvalue weighted by molar-refractivity contribution is -0.142. The average molecular weight is 1480 g/mol. The van der Waals surface area contributed by atoms with Gasteiger partial charge in [-0.2, -0.15) is 0 Å². The SMILES string of the molecule is CC(=O)N[C@H](Cc1ccc2ccccc2c1)C(=O)N[C@H](Cc1ccc(Cl)cc1)C(=O)N[C@H](Cc1cccnc1)C(=O)N[C@H]1CC(=O)NCC(C(N)=O)NC(=O)[C@@H]2CCCN2C(=O)[C@@H]2CCNC(=O)[C@H](Cc3c[nH]cn3)NC(=O)CC[C@H](NC1=O)C(=O)N[C@H](CCCNC(=N)N)C(=O)N[C@@H](CC(C)C)C(=O)N2. The number of H-pyrrole nitrogens is 1. The molecule has 106 heavy (non-hydrogen) atoms. The van der Waals surface area contributed by atoms with Crippen LogP contribution in [0.1, 0.15) is 101 Å². The van der Waals surface area contributed by atoms with Gasteiger partial charge in [0.05, 0.1) is 18.4 Å². The molecule has 566 valence electrons. The van der Waals surface area contributed by atoms with Crippen molar-refractivity contribution in [2.75, 3.05) is 26.2 Å². The summed E-state index contributed by atoms with van der Waals surface area (Å²) in [6.07, 6.45) is 2.21. The van der Waals surface area contributed by atoms with Crippen LogP contribution in [-0.4, -0.2) is 201 Å². The van der Waals surface area contributed by atoms with Gasteiger partial charge < -0.3 is 90.5 Å². The number of nitrogens with zero attached hydrogens (tertiary/aromatic N) is 3. The van der Waals surface area contributed by atoms with Crippen molar-refractivity contribution in [2.45, 2.75) is 171 Å². The van der Waals surface area contributed by atoms with Crippen molar-refractivity contribution >= 4 is 111 Å². The summed E-state index contributed by atoms with van der Waals surface area (Å²) in [5, 5.41) is 44.0. The maximum atomic E-state index is 15.4. The van der Waals surface area contributed by atoms with Crippen LogP contribution in [0.5, 0.6) is 0 Å². The number of aromatic nitrogens is 3. The lowest BCUT2D eigenvalue weighted by Gasteiger charge is -2.31. The number of amides is 14. The molecule has 5 aromatic rings. The van der Waals surface area contributed by atoms with Crippen molar-refractivity contribution in [1.29, 1.82) is 5.41 Å². The minimum absolute atomic E-state index is 0.00789. The van der Waals surface area contributed by atoms with E-state index in [1.807, 2.05) is 36.4 Å². The Morgan fingerprint density at radius 3 is 2.01 bits per heavy atom. The van der Waals surface area contributed by atoms with Crippen molar-refractivity contribution in [1.82, 2.24) is 89.0 Å². The summed E-state index contributed by atoms with van der Waals surface area (Å²) >= 11 is 6.27. The number of hydrogen-bond acceptors (Lipinski definition) is 17. The van der Waals surface area contributed by atoms with Gasteiger partial charge in [0.2, 0.25) is 82.7 Å². The third-order valence-electron chi connectivity index (χ3n) is 18.0. The molecule has 3 fully saturated rings. The van der Waals surface area contributed by atoms with Crippen LogP contribution in [-0.2, 0) is 92.8 Å². The molecule has 3 saturated heterocycles. The van der Waals surface area contributed by atoms with Crippen LogP contribution in [0.15, 0.2) is 104 Å². The molecular formula is C71H91ClN20O14. The van der Waals surface area contributed by atoms with Crippen molar-refractivity contribution in [2.24, 2.45) is 17.4 Å². The van der Waals surface area contributed by atoms with Crippen LogP contribution in [0.2, 0.25) is 5.02 Å². The Morgan fingerprint density at radius 1 is 0.660 bits per heavy atom. The first-order valence-corrected chi connectivity index (χ1v) is 35.3. The zero-order valence-corrected chi connectivity index (χ0v) is 59.6. The fourth-order valence-corrected chi connectivity index (χ4v) is 12.6. The molecule has 5 heterocycles. The van der Waals surface area contributed by atoms with Crippen molar-refractivity contribution < 1.29 is 67.1 Å². The van der Waals surface area contributed by atoms with Gasteiger partial charge in [-0.3, -0.25) is 77.5 Å². The molecule has 2 aromatic heterocycles. The van der Waals surface area contributed by atoms with Gasteiger partial charge >= 0.3 is 0 Å². The van der Waals surface area contributed by atoms with Gasteiger partial charge in [-0.05, 0) is 96.5 Å². The van der Waals surface area contributed by atoms with Crippen LogP contribution in [0, 0.1) is 11.3 Å². The zero-order valence-electron chi connectivity index (χ0n) is 58.9. The Labute approximate surface area is 615 Å². The molecule has 0 spiro atoms. The molecule has 0 aliphatic carbocycles. The molecule has 8 rings (SSSR count). The van der Waals surface area contributed by atoms with E-state index < -0.39 is 181 Å². The number of carbonyl (C=O) groups is 14. The molecule has 0 saturated carbocycles. The van der Waals surface area contributed by atoms with Crippen LogP contribution < -0.4 is 80.6 Å². The number of rotatable bonds is 22. The van der Waals surface area contributed by atoms with Gasteiger partial charge in [-0.25, -0.2) is 4.98 Å². The zero-order chi connectivity index (χ0) is 76.6. The molecule has 14 amide bonds. The van der Waals surface area contributed by atoms with Gasteiger partial charge in [0.25, 0.3) is 0 Å². The second-order valence-electron chi connectivity index (χ2n) is 26.7. The number of aromatic amines is 1. The lowest BCUT2D eigenvalue weighted by atomic mass is 9.99. The molecule has 19 N–H and O–H groups in total. The predicted octanol–water partition coefficient (Wildman–Crippen LogP) is -2.64. The Hall–Kier alpha value is -11.6. The molecule has 0 radical (unpaired) electrons. The van der Waals surface area contributed by atoms with Gasteiger partial charge in [0, 0.05) is 88.8 Å². The fourth-order valence-electron chi connectivity index (χ4n) is 12.5. The Kier molecular flexibility index (Phi) is 29.3. The van der Waals surface area contributed by atoms with E-state index in [4.69, 9.17) is 28.5 Å². The summed E-state index contributed by atoms with van der Waals surface area (Å²) in [7, 11) is 0. The maximum Gasteiger partial charge on any atom is 0.245 e. The first-order valence-electron chi connectivity index (χ1n) is 35.0. The number of primary amides is 1. The van der Waals surface area contributed by atoms with Crippen molar-refractivity contribution in [3.63, 3.8) is 0 Å². The standard InChI is InChI=1S/C71H91ClN20O14/c1-38(2)27-50-64(100)86-49-22-25-78-61(97)54(32-46-35-77-37-81-46)83-58(94)21-20-48(63(99)84-47(62(98)87-50)12-7-24-79-71(74)75)85-68(104)55(33-59(95)80-36-56(60(73)96)91-69(105)57-13-8-26-92(57)70(49)106)90-67(103)53(31-42-9-6-23-76-34-42)89-66(102)52(29-40-15-18-45(72)19-16-40)88-65(101)51(82-39(3)93)30-41-14-17-43-10-4-5-11-44(43)28-41/h4-6,9-11,14-19,23,28,34-35,37-38,47-57H,7-8,12-13,20-22,24-27,29-33,36H2,1-3H3,(H2,73,96)(H,77,81)(H,78,97)(H,80,95)(H,82,93)(H,83,94)(H,84,99)(H,85,104)(H,86,100)(H,87,98)(H,88,101)(H,89,102)(H,90,103)(H,91,105)(H4,74,75,79)/t47-,48+,49+,50+,51-,52-,53-,54+,55+,56?,57+/m1/s1. The minimum atomic E-state index is -2.09. The van der Waals surface area contributed by atoms with E-state index in [0.717, 1.165) is 10.8 Å². The summed E-state index contributed by atoms with van der Waals surface area (Å²) in [5.74, 6) is -14.1. The molecule has 11 atom stereocenters. The molecular weight excluding hydrogens is 1390 g/mol. The van der Waals surface area contributed by atoms with Crippen LogP contribution in [0.4, 0.5) is 0 Å². The molecule has 35 heteroatoms. The predicted molar refractivity (Wildman–Crippen MR) is 385 cm³/mol.